The molecule has 0 saturated heterocycles. The molecular weight excluding hydrogens is 440 g/mol. The third-order valence-electron chi connectivity index (χ3n) is 5.86. The van der Waals surface area contributed by atoms with E-state index in [1.807, 2.05) is 95.7 Å². The quantitative estimate of drug-likeness (QED) is 0.269. The van der Waals surface area contributed by atoms with Gasteiger partial charge in [-0.05, 0) is 35.9 Å². The molecule has 0 aliphatic rings. The summed E-state index contributed by atoms with van der Waals surface area (Å²) in [6.07, 6.45) is 3.96. The smallest absolute Gasteiger partial charge is 0.245 e. The van der Waals surface area contributed by atoms with E-state index in [-0.39, 0.29) is 0 Å². The number of aromatic nitrogens is 2. The lowest BCUT2D eigenvalue weighted by Crippen LogP contribution is -1.99. The van der Waals surface area contributed by atoms with Gasteiger partial charge < -0.3 is 18.9 Å². The van der Waals surface area contributed by atoms with Crippen LogP contribution in [0.25, 0.3) is 33.4 Å². The van der Waals surface area contributed by atoms with Crippen molar-refractivity contribution >= 4 is 27.8 Å². The van der Waals surface area contributed by atoms with E-state index in [2.05, 4.69) is 0 Å². The van der Waals surface area contributed by atoms with Crippen molar-refractivity contribution in [2.24, 2.45) is 0 Å². The van der Waals surface area contributed by atoms with Crippen LogP contribution in [0.3, 0.4) is 0 Å². The molecule has 0 atom stereocenters. The van der Waals surface area contributed by atoms with Crippen LogP contribution in [-0.2, 0) is 0 Å². The molecule has 0 bridgehead atoms. The molecule has 5 rings (SSSR count). The van der Waals surface area contributed by atoms with Gasteiger partial charge in [-0.3, -0.25) is 0 Å². The van der Waals surface area contributed by atoms with Crippen LogP contribution in [0.4, 0.5) is 0 Å². The molecule has 0 fully saturated rings. The third kappa shape index (κ3) is 4.15. The number of fused-ring (bicyclic) bond motifs is 2. The van der Waals surface area contributed by atoms with Crippen LogP contribution in [0, 0.1) is 0 Å². The fraction of sp³-hybridized carbons (Fsp3) is 0.138. The summed E-state index contributed by atoms with van der Waals surface area (Å²) in [6, 6.07) is 25.8. The van der Waals surface area contributed by atoms with E-state index in [1.165, 1.54) is 0 Å². The molecule has 1 heterocycles. The fourth-order valence-corrected chi connectivity index (χ4v) is 4.26. The first-order valence-electron chi connectivity index (χ1n) is 11.3. The van der Waals surface area contributed by atoms with Crippen molar-refractivity contribution in [2.45, 2.75) is 0 Å². The normalized spacial score (nSPS) is 11.3. The lowest BCUT2D eigenvalue weighted by Gasteiger charge is -2.14. The molecule has 0 N–H and O–H groups in total. The van der Waals surface area contributed by atoms with Gasteiger partial charge >= 0.3 is 0 Å². The van der Waals surface area contributed by atoms with Crippen LogP contribution in [0.15, 0.2) is 84.9 Å². The van der Waals surface area contributed by atoms with Crippen LogP contribution in [-0.4, -0.2) is 37.7 Å². The Bertz CT molecular complexity index is 1490. The number of methoxy groups -OCH3 is 3. The minimum atomic E-state index is 0.339. The third-order valence-corrected chi connectivity index (χ3v) is 5.86. The van der Waals surface area contributed by atoms with Crippen LogP contribution in [0.1, 0.15) is 5.56 Å². The average molecular weight is 467 g/mol. The summed E-state index contributed by atoms with van der Waals surface area (Å²) in [5.74, 6) is 2.72. The first kappa shape index (κ1) is 22.3. The number of hydrogen-bond acceptors (Lipinski definition) is 5. The minimum absolute atomic E-state index is 0.339. The summed E-state index contributed by atoms with van der Waals surface area (Å²) < 4.78 is 25.1. The molecule has 0 radical (unpaired) electrons. The van der Waals surface area contributed by atoms with E-state index in [0.29, 0.717) is 18.2 Å². The van der Waals surface area contributed by atoms with Gasteiger partial charge in [0.15, 0.2) is 5.75 Å². The van der Waals surface area contributed by atoms with Gasteiger partial charge in [0.2, 0.25) is 5.88 Å². The van der Waals surface area contributed by atoms with Gasteiger partial charge in [-0.2, -0.15) is 0 Å². The molecule has 5 aromatic rings. The van der Waals surface area contributed by atoms with Crippen molar-refractivity contribution < 1.29 is 18.9 Å². The van der Waals surface area contributed by atoms with Gasteiger partial charge in [0.05, 0.1) is 27.0 Å². The van der Waals surface area contributed by atoms with Crippen LogP contribution in [0.2, 0.25) is 0 Å². The van der Waals surface area contributed by atoms with Gasteiger partial charge in [-0.15, -0.1) is 5.10 Å². The topological polar surface area (TPSA) is 54.7 Å². The number of benzene rings is 4. The molecule has 0 aliphatic heterocycles. The molecule has 0 saturated carbocycles. The molecule has 4 aromatic carbocycles. The number of nitrogens with zero attached hydrogens (tertiary/aromatic N) is 2. The van der Waals surface area contributed by atoms with Crippen molar-refractivity contribution in [3.63, 3.8) is 0 Å². The van der Waals surface area contributed by atoms with Crippen LogP contribution < -0.4 is 18.9 Å². The van der Waals surface area contributed by atoms with Gasteiger partial charge in [-0.1, -0.05) is 60.7 Å². The minimum Gasteiger partial charge on any atom is -0.497 e. The molecule has 176 valence electrons. The summed E-state index contributed by atoms with van der Waals surface area (Å²) in [4.78, 5) is 0. The maximum atomic E-state index is 6.20. The zero-order chi connectivity index (χ0) is 24.2. The SMILES string of the molecule is COc1ccc(/C=C/COc2nn(-c3ccccc3)c3c(OC)c4ccccc4c(OC)c23)cc1. The van der Waals surface area contributed by atoms with E-state index in [0.717, 1.165) is 44.4 Å². The second kappa shape index (κ2) is 9.81. The van der Waals surface area contributed by atoms with Crippen LogP contribution in [0.5, 0.6) is 23.1 Å². The van der Waals surface area contributed by atoms with Gasteiger partial charge in [0.1, 0.15) is 29.0 Å². The van der Waals surface area contributed by atoms with Crippen molar-refractivity contribution in [2.75, 3.05) is 27.9 Å². The molecule has 0 aliphatic carbocycles. The molecular formula is C29H26N2O4. The van der Waals surface area contributed by atoms with Crippen molar-refractivity contribution in [1.82, 2.24) is 9.78 Å². The molecule has 0 amide bonds. The Kier molecular flexibility index (Phi) is 6.26. The second-order valence-corrected chi connectivity index (χ2v) is 7.87. The van der Waals surface area contributed by atoms with Gasteiger partial charge in [0.25, 0.3) is 0 Å². The zero-order valence-electron chi connectivity index (χ0n) is 19.9. The summed E-state index contributed by atoms with van der Waals surface area (Å²) >= 11 is 0. The van der Waals surface area contributed by atoms with Gasteiger partial charge in [-0.25, -0.2) is 4.68 Å². The first-order chi connectivity index (χ1) is 17.2. The summed E-state index contributed by atoms with van der Waals surface area (Å²) in [7, 11) is 5.00. The predicted octanol–water partition coefficient (Wildman–Crippen LogP) is 6.30. The van der Waals surface area contributed by atoms with E-state index >= 15 is 0 Å². The Morgan fingerprint density at radius 2 is 1.40 bits per heavy atom. The molecule has 6 heteroatoms. The average Bonchev–Trinajstić information content (AvgIpc) is 3.29. The largest absolute Gasteiger partial charge is 0.497 e. The zero-order valence-corrected chi connectivity index (χ0v) is 19.9. The van der Waals surface area contributed by atoms with Crippen LogP contribution >= 0.6 is 0 Å². The molecule has 0 unspecified atom stereocenters. The Hall–Kier alpha value is -4.45. The maximum absolute atomic E-state index is 6.20. The fourth-order valence-electron chi connectivity index (χ4n) is 4.26. The summed E-state index contributed by atoms with van der Waals surface area (Å²) in [6.45, 7) is 0.339. The van der Waals surface area contributed by atoms with Crippen molar-refractivity contribution in [3.05, 3.63) is 90.5 Å². The number of ether oxygens (including phenoxy) is 4. The number of para-hydroxylation sites is 1. The number of rotatable bonds is 8. The maximum Gasteiger partial charge on any atom is 0.245 e. The molecule has 6 nitrogen and oxygen atoms in total. The van der Waals surface area contributed by atoms with Crippen molar-refractivity contribution in [1.29, 1.82) is 0 Å². The van der Waals surface area contributed by atoms with E-state index in [9.17, 15) is 0 Å². The van der Waals surface area contributed by atoms with Crippen molar-refractivity contribution in [3.8, 4) is 28.8 Å². The number of hydrogen-bond donors (Lipinski definition) is 0. The summed E-state index contributed by atoms with van der Waals surface area (Å²) in [5, 5.41) is 7.50. The highest BCUT2D eigenvalue weighted by atomic mass is 16.5. The first-order valence-corrected chi connectivity index (χ1v) is 11.3. The molecule has 1 aromatic heterocycles. The highest BCUT2D eigenvalue weighted by Gasteiger charge is 2.25. The Morgan fingerprint density at radius 1 is 0.743 bits per heavy atom. The molecule has 0 spiro atoms. The standard InChI is InChI=1S/C29H26N2O4/c1-32-22-17-15-20(16-18-22)10-9-19-35-29-25-26(31(30-29)21-11-5-4-6-12-21)28(34-3)24-14-8-7-13-23(24)27(25)33-2/h4-18H,19H2,1-3H3/b10-9+. The second-order valence-electron chi connectivity index (χ2n) is 7.87. The Balaban J connectivity index is 1.61. The lowest BCUT2D eigenvalue weighted by atomic mass is 10.0. The van der Waals surface area contributed by atoms with E-state index in [1.54, 1.807) is 21.3 Å². The monoisotopic (exact) mass is 466 g/mol. The van der Waals surface area contributed by atoms with E-state index < -0.39 is 0 Å². The Labute approximate surface area is 203 Å². The predicted molar refractivity (Wildman–Crippen MR) is 139 cm³/mol. The van der Waals surface area contributed by atoms with E-state index in [4.69, 9.17) is 24.0 Å². The Morgan fingerprint density at radius 3 is 2.06 bits per heavy atom. The highest BCUT2D eigenvalue weighted by Crippen LogP contribution is 2.47. The lowest BCUT2D eigenvalue weighted by molar-refractivity contribution is 0.348. The summed E-state index contributed by atoms with van der Waals surface area (Å²) in [5.41, 5.74) is 2.75. The van der Waals surface area contributed by atoms with Gasteiger partial charge in [0, 0.05) is 10.8 Å². The molecule has 35 heavy (non-hydrogen) atoms. The highest BCUT2D eigenvalue weighted by molar-refractivity contribution is 6.12.